The second kappa shape index (κ2) is 9.38. The van der Waals surface area contributed by atoms with Crippen molar-refractivity contribution in [2.45, 2.75) is 23.2 Å². The molecule has 3 aromatic rings. The third kappa shape index (κ3) is 5.16. The summed E-state index contributed by atoms with van der Waals surface area (Å²) in [7, 11) is -4.38. The fourth-order valence-corrected chi connectivity index (χ4v) is 4.87. The molecular formula is C22H19ClN2O5S. The summed E-state index contributed by atoms with van der Waals surface area (Å²) in [6.07, 6.45) is 0. The van der Waals surface area contributed by atoms with Crippen molar-refractivity contribution in [2.24, 2.45) is 0 Å². The van der Waals surface area contributed by atoms with Gasteiger partial charge in [0, 0.05) is 11.6 Å². The molecule has 0 aliphatic carbocycles. The fraction of sp³-hybridized carbons (Fsp3) is 0.136. The van der Waals surface area contributed by atoms with Crippen LogP contribution in [0.3, 0.4) is 0 Å². The third-order valence-electron chi connectivity index (χ3n) is 4.67. The molecule has 0 radical (unpaired) electrons. The lowest BCUT2D eigenvalue weighted by molar-refractivity contribution is -0.387. The molecule has 0 aliphatic heterocycles. The first-order valence-corrected chi connectivity index (χ1v) is 11.2. The number of aryl methyl sites for hydroxylation is 1. The van der Waals surface area contributed by atoms with Gasteiger partial charge < -0.3 is 0 Å². The summed E-state index contributed by atoms with van der Waals surface area (Å²) in [5.41, 5.74) is 1.14. The summed E-state index contributed by atoms with van der Waals surface area (Å²) in [4.78, 5) is 23.0. The number of nitro groups is 1. The number of nitro benzene ring substituents is 1. The Balaban J connectivity index is 2.04. The molecule has 0 aliphatic rings. The first-order valence-electron chi connectivity index (χ1n) is 9.26. The van der Waals surface area contributed by atoms with E-state index in [9.17, 15) is 23.3 Å². The number of sulfonamides is 1. The van der Waals surface area contributed by atoms with Gasteiger partial charge in [-0.2, -0.15) is 0 Å². The van der Waals surface area contributed by atoms with E-state index in [0.717, 1.165) is 17.7 Å². The van der Waals surface area contributed by atoms with Crippen LogP contribution in [-0.4, -0.2) is 24.5 Å². The number of ketones is 1. The Morgan fingerprint density at radius 1 is 0.968 bits per heavy atom. The van der Waals surface area contributed by atoms with Crippen LogP contribution in [0.25, 0.3) is 0 Å². The van der Waals surface area contributed by atoms with E-state index in [0.29, 0.717) is 11.1 Å². The summed E-state index contributed by atoms with van der Waals surface area (Å²) in [5, 5.41) is 10.0. The number of rotatable bonds is 8. The Bertz CT molecular complexity index is 1200. The van der Waals surface area contributed by atoms with E-state index < -0.39 is 42.7 Å². The maximum Gasteiger partial charge on any atom is 0.289 e. The van der Waals surface area contributed by atoms with E-state index in [2.05, 4.69) is 4.72 Å². The Morgan fingerprint density at radius 2 is 1.55 bits per heavy atom. The summed E-state index contributed by atoms with van der Waals surface area (Å²) in [6.45, 7) is 1.86. The number of nitrogens with one attached hydrogen (secondary N) is 1. The zero-order valence-electron chi connectivity index (χ0n) is 16.4. The van der Waals surface area contributed by atoms with E-state index in [4.69, 9.17) is 11.6 Å². The Kier molecular flexibility index (Phi) is 6.84. The molecule has 1 N–H and O–H groups in total. The van der Waals surface area contributed by atoms with Crippen LogP contribution < -0.4 is 4.72 Å². The van der Waals surface area contributed by atoms with Crippen LogP contribution in [0.2, 0.25) is 0 Å². The number of hydrogen-bond donors (Lipinski definition) is 1. The van der Waals surface area contributed by atoms with Crippen molar-refractivity contribution in [3.05, 3.63) is 106 Å². The van der Waals surface area contributed by atoms with E-state index in [1.165, 1.54) is 12.1 Å². The molecular weight excluding hydrogens is 440 g/mol. The minimum atomic E-state index is -4.38. The molecule has 0 fully saturated rings. The van der Waals surface area contributed by atoms with Crippen LogP contribution in [0.15, 0.2) is 83.8 Å². The highest BCUT2D eigenvalue weighted by molar-refractivity contribution is 7.89. The highest BCUT2D eigenvalue weighted by Crippen LogP contribution is 2.29. The number of carbonyl (C=O) groups excluding carboxylic acids is 1. The Labute approximate surface area is 184 Å². The number of Topliss-reactive ketones (excluding diaryl/α,β-unsaturated/α-hetero) is 1. The lowest BCUT2D eigenvalue weighted by Gasteiger charge is -2.23. The zero-order chi connectivity index (χ0) is 22.6. The third-order valence-corrected chi connectivity index (χ3v) is 6.61. The van der Waals surface area contributed by atoms with Gasteiger partial charge in [-0.1, -0.05) is 72.3 Å². The molecule has 0 saturated heterocycles. The van der Waals surface area contributed by atoms with E-state index >= 15 is 0 Å². The molecule has 31 heavy (non-hydrogen) atoms. The summed E-state index contributed by atoms with van der Waals surface area (Å²) < 4.78 is 28.6. The van der Waals surface area contributed by atoms with Crippen molar-refractivity contribution in [1.29, 1.82) is 0 Å². The first-order chi connectivity index (χ1) is 14.7. The molecule has 0 aromatic heterocycles. The van der Waals surface area contributed by atoms with Crippen LogP contribution in [-0.2, 0) is 10.0 Å². The second-order valence-corrected chi connectivity index (χ2v) is 9.02. The van der Waals surface area contributed by atoms with Gasteiger partial charge in [-0.25, -0.2) is 13.1 Å². The van der Waals surface area contributed by atoms with Crippen molar-refractivity contribution < 1.29 is 18.1 Å². The normalized spacial score (nSPS) is 13.4. The monoisotopic (exact) mass is 458 g/mol. The van der Waals surface area contributed by atoms with Crippen molar-refractivity contribution in [3.63, 3.8) is 0 Å². The van der Waals surface area contributed by atoms with Gasteiger partial charge in [-0.05, 0) is 18.6 Å². The summed E-state index contributed by atoms with van der Waals surface area (Å²) in [5.74, 6) is -0.474. The minimum Gasteiger partial charge on any atom is -0.292 e. The van der Waals surface area contributed by atoms with Crippen LogP contribution >= 0.6 is 11.6 Å². The Hall–Kier alpha value is -3.07. The van der Waals surface area contributed by atoms with Gasteiger partial charge in [0.25, 0.3) is 5.69 Å². The molecule has 0 spiro atoms. The van der Waals surface area contributed by atoms with E-state index in [1.807, 2.05) is 6.92 Å². The molecule has 0 saturated carbocycles. The average molecular weight is 459 g/mol. The maximum atomic E-state index is 13.1. The molecule has 0 amide bonds. The molecule has 2 atom stereocenters. The topological polar surface area (TPSA) is 106 Å². The van der Waals surface area contributed by atoms with Crippen LogP contribution in [0.1, 0.15) is 27.5 Å². The van der Waals surface area contributed by atoms with Crippen LogP contribution in [0.4, 0.5) is 5.69 Å². The first kappa shape index (κ1) is 22.6. The van der Waals surface area contributed by atoms with Gasteiger partial charge in [0.05, 0.1) is 11.0 Å². The minimum absolute atomic E-state index is 0.324. The van der Waals surface area contributed by atoms with Gasteiger partial charge in [0.1, 0.15) is 5.38 Å². The smallest absolute Gasteiger partial charge is 0.289 e. The molecule has 0 unspecified atom stereocenters. The molecule has 3 rings (SSSR count). The molecule has 7 nitrogen and oxygen atoms in total. The van der Waals surface area contributed by atoms with Crippen molar-refractivity contribution in [2.75, 3.05) is 0 Å². The van der Waals surface area contributed by atoms with Gasteiger partial charge in [-0.3, -0.25) is 14.9 Å². The van der Waals surface area contributed by atoms with Gasteiger partial charge in [0.15, 0.2) is 10.7 Å². The zero-order valence-corrected chi connectivity index (χ0v) is 18.0. The highest BCUT2D eigenvalue weighted by atomic mass is 35.5. The summed E-state index contributed by atoms with van der Waals surface area (Å²) in [6, 6.07) is 19.0. The van der Waals surface area contributed by atoms with Gasteiger partial charge in [0.2, 0.25) is 10.0 Å². The summed E-state index contributed by atoms with van der Waals surface area (Å²) >= 11 is 6.49. The van der Waals surface area contributed by atoms with E-state index in [1.54, 1.807) is 54.6 Å². The van der Waals surface area contributed by atoms with Crippen molar-refractivity contribution in [1.82, 2.24) is 4.72 Å². The van der Waals surface area contributed by atoms with Gasteiger partial charge >= 0.3 is 0 Å². The molecule has 3 aromatic carbocycles. The predicted molar refractivity (Wildman–Crippen MR) is 118 cm³/mol. The molecule has 9 heteroatoms. The lowest BCUT2D eigenvalue weighted by atomic mass is 9.97. The molecule has 0 heterocycles. The van der Waals surface area contributed by atoms with Gasteiger partial charge in [-0.15, -0.1) is 11.6 Å². The average Bonchev–Trinajstić information content (AvgIpc) is 2.78. The van der Waals surface area contributed by atoms with Crippen LogP contribution in [0.5, 0.6) is 0 Å². The largest absolute Gasteiger partial charge is 0.292 e. The number of nitrogens with zero attached hydrogens (tertiary/aromatic N) is 1. The number of benzene rings is 3. The number of hydrogen-bond acceptors (Lipinski definition) is 5. The second-order valence-electron chi connectivity index (χ2n) is 6.87. The molecule has 0 bridgehead atoms. The van der Waals surface area contributed by atoms with Crippen LogP contribution in [0, 0.1) is 17.0 Å². The number of halogens is 1. The van der Waals surface area contributed by atoms with Crippen molar-refractivity contribution in [3.8, 4) is 0 Å². The number of para-hydroxylation sites is 1. The maximum absolute atomic E-state index is 13.1. The number of carbonyl (C=O) groups is 1. The highest BCUT2D eigenvalue weighted by Gasteiger charge is 2.34. The van der Waals surface area contributed by atoms with E-state index in [-0.39, 0.29) is 0 Å². The lowest BCUT2D eigenvalue weighted by Crippen LogP contribution is -2.38. The molecule has 160 valence electrons. The quantitative estimate of drug-likeness (QED) is 0.233. The number of alkyl halides is 1. The Morgan fingerprint density at radius 3 is 2.16 bits per heavy atom. The fourth-order valence-electron chi connectivity index (χ4n) is 3.05. The van der Waals surface area contributed by atoms with Crippen molar-refractivity contribution >= 4 is 33.1 Å². The standard InChI is InChI=1S/C22H19ClN2O5S/c1-15-11-13-16(14-12-15)21(20(23)22(26)17-7-3-2-4-8-17)24-31(29,30)19-10-6-5-9-18(19)25(27)28/h2-14,20-21,24H,1H3/t20-,21-/m0/s1. The SMILES string of the molecule is Cc1ccc([C@H](NS(=O)(=O)c2ccccc2[N+](=O)[O-])[C@H](Cl)C(=O)c2ccccc2)cc1. The predicted octanol–water partition coefficient (Wildman–Crippen LogP) is 4.41.